The van der Waals surface area contributed by atoms with E-state index in [9.17, 15) is 4.79 Å². The molecule has 0 aliphatic carbocycles. The molecule has 0 saturated carbocycles. The fourth-order valence-corrected chi connectivity index (χ4v) is 1.66. The van der Waals surface area contributed by atoms with E-state index in [1.807, 2.05) is 13.1 Å². The molecule has 2 aromatic rings. The van der Waals surface area contributed by atoms with Crippen molar-refractivity contribution in [2.75, 3.05) is 0 Å². The molecule has 0 aromatic carbocycles. The molecule has 0 aliphatic heterocycles. The van der Waals surface area contributed by atoms with Gasteiger partial charge in [0.2, 0.25) is 5.22 Å². The minimum Gasteiger partial charge on any atom is -0.452 e. The second-order valence-electron chi connectivity index (χ2n) is 3.41. The first-order valence-electron chi connectivity index (χ1n) is 4.98. The molecule has 4 nitrogen and oxygen atoms in total. The van der Waals surface area contributed by atoms with Crippen molar-refractivity contribution in [3.05, 3.63) is 41.1 Å². The number of carbonyl (C=O) groups excluding carboxylic acids is 1. The van der Waals surface area contributed by atoms with E-state index < -0.39 is 0 Å². The molecule has 0 spiro atoms. The standard InChI is InChI=1S/C11H11ClN2O2/c1-2-14-7-8(6-13-14)5-10(15)9-3-4-16-11(9)12/h3-4,6-7H,2,5H2,1H3. The van der Waals surface area contributed by atoms with Crippen LogP contribution >= 0.6 is 11.6 Å². The molecular weight excluding hydrogens is 228 g/mol. The van der Waals surface area contributed by atoms with Crippen LogP contribution in [0, 0.1) is 0 Å². The van der Waals surface area contributed by atoms with Crippen molar-refractivity contribution in [2.45, 2.75) is 19.9 Å². The fourth-order valence-electron chi connectivity index (χ4n) is 1.44. The highest BCUT2D eigenvalue weighted by Gasteiger charge is 2.14. The maximum absolute atomic E-state index is 11.8. The lowest BCUT2D eigenvalue weighted by atomic mass is 10.1. The second-order valence-corrected chi connectivity index (χ2v) is 3.76. The van der Waals surface area contributed by atoms with Crippen molar-refractivity contribution in [1.82, 2.24) is 9.78 Å². The predicted octanol–water partition coefficient (Wildman–Crippen LogP) is 2.57. The van der Waals surface area contributed by atoms with Crippen molar-refractivity contribution in [2.24, 2.45) is 0 Å². The molecule has 5 heteroatoms. The number of ketones is 1. The van der Waals surface area contributed by atoms with E-state index in [-0.39, 0.29) is 11.0 Å². The minimum atomic E-state index is -0.0607. The Morgan fingerprint density at radius 3 is 3.00 bits per heavy atom. The number of carbonyl (C=O) groups is 1. The zero-order valence-corrected chi connectivity index (χ0v) is 9.57. The van der Waals surface area contributed by atoms with Crippen LogP contribution in [-0.2, 0) is 13.0 Å². The summed E-state index contributed by atoms with van der Waals surface area (Å²) < 4.78 is 6.65. The van der Waals surface area contributed by atoms with Gasteiger partial charge < -0.3 is 4.42 Å². The predicted molar refractivity (Wildman–Crippen MR) is 59.7 cm³/mol. The highest BCUT2D eigenvalue weighted by Crippen LogP contribution is 2.18. The molecule has 0 fully saturated rings. The lowest BCUT2D eigenvalue weighted by molar-refractivity contribution is 0.0992. The van der Waals surface area contributed by atoms with Gasteiger partial charge >= 0.3 is 0 Å². The first-order valence-corrected chi connectivity index (χ1v) is 5.36. The van der Waals surface area contributed by atoms with E-state index in [0.29, 0.717) is 12.0 Å². The third kappa shape index (κ3) is 2.17. The molecule has 0 atom stereocenters. The molecule has 0 saturated heterocycles. The van der Waals surface area contributed by atoms with Crippen LogP contribution in [0.15, 0.2) is 29.1 Å². The number of aromatic nitrogens is 2. The molecule has 0 amide bonds. The zero-order valence-electron chi connectivity index (χ0n) is 8.81. The Kier molecular flexibility index (Phi) is 3.10. The lowest BCUT2D eigenvalue weighted by Gasteiger charge is -1.95. The fraction of sp³-hybridized carbons (Fsp3) is 0.273. The number of nitrogens with zero attached hydrogens (tertiary/aromatic N) is 2. The molecule has 0 bridgehead atoms. The van der Waals surface area contributed by atoms with Gasteiger partial charge in [-0.3, -0.25) is 9.48 Å². The van der Waals surface area contributed by atoms with Crippen LogP contribution in [0.4, 0.5) is 0 Å². The Bertz CT molecular complexity index is 502. The molecule has 2 heterocycles. The Balaban J connectivity index is 2.11. The van der Waals surface area contributed by atoms with Crippen LogP contribution in [0.5, 0.6) is 0 Å². The summed E-state index contributed by atoms with van der Waals surface area (Å²) in [5, 5.41) is 4.25. The number of rotatable bonds is 4. The smallest absolute Gasteiger partial charge is 0.203 e. The van der Waals surface area contributed by atoms with Crippen LogP contribution in [-0.4, -0.2) is 15.6 Å². The van der Waals surface area contributed by atoms with Gasteiger partial charge in [0, 0.05) is 19.2 Å². The first-order chi connectivity index (χ1) is 7.70. The van der Waals surface area contributed by atoms with Gasteiger partial charge in [-0.05, 0) is 30.2 Å². The molecule has 0 radical (unpaired) electrons. The van der Waals surface area contributed by atoms with Gasteiger partial charge in [0.05, 0.1) is 18.0 Å². The molecule has 2 aromatic heterocycles. The number of hydrogen-bond acceptors (Lipinski definition) is 3. The molecule has 2 rings (SSSR count). The SMILES string of the molecule is CCn1cc(CC(=O)c2ccoc2Cl)cn1. The largest absolute Gasteiger partial charge is 0.452 e. The monoisotopic (exact) mass is 238 g/mol. The molecular formula is C11H11ClN2O2. The van der Waals surface area contributed by atoms with Crippen LogP contribution < -0.4 is 0 Å². The van der Waals surface area contributed by atoms with Gasteiger partial charge in [0.1, 0.15) is 0 Å². The Morgan fingerprint density at radius 1 is 1.62 bits per heavy atom. The maximum Gasteiger partial charge on any atom is 0.203 e. The molecule has 84 valence electrons. The summed E-state index contributed by atoms with van der Waals surface area (Å²) in [6, 6.07) is 1.58. The molecule has 0 unspecified atom stereocenters. The van der Waals surface area contributed by atoms with E-state index in [1.54, 1.807) is 16.9 Å². The topological polar surface area (TPSA) is 48.0 Å². The number of furan rings is 1. The number of hydrogen-bond donors (Lipinski definition) is 0. The van der Waals surface area contributed by atoms with Crippen molar-refractivity contribution in [3.8, 4) is 0 Å². The van der Waals surface area contributed by atoms with E-state index in [2.05, 4.69) is 5.10 Å². The minimum absolute atomic E-state index is 0.0607. The van der Waals surface area contributed by atoms with Crippen molar-refractivity contribution < 1.29 is 9.21 Å². The van der Waals surface area contributed by atoms with Gasteiger partial charge in [-0.2, -0.15) is 5.10 Å². The molecule has 0 N–H and O–H groups in total. The van der Waals surface area contributed by atoms with Gasteiger partial charge in [-0.25, -0.2) is 0 Å². The van der Waals surface area contributed by atoms with Crippen molar-refractivity contribution in [1.29, 1.82) is 0 Å². The molecule has 16 heavy (non-hydrogen) atoms. The maximum atomic E-state index is 11.8. The summed E-state index contributed by atoms with van der Waals surface area (Å²) in [4.78, 5) is 11.8. The summed E-state index contributed by atoms with van der Waals surface area (Å²) in [6.07, 6.45) is 5.24. The third-order valence-electron chi connectivity index (χ3n) is 2.29. The van der Waals surface area contributed by atoms with E-state index in [1.165, 1.54) is 6.26 Å². The van der Waals surface area contributed by atoms with Gasteiger partial charge in [0.25, 0.3) is 0 Å². The number of Topliss-reactive ketones (excluding diaryl/α,β-unsaturated/α-hetero) is 1. The van der Waals surface area contributed by atoms with Gasteiger partial charge in [-0.1, -0.05) is 0 Å². The second kappa shape index (κ2) is 4.53. The zero-order chi connectivity index (χ0) is 11.5. The Morgan fingerprint density at radius 2 is 2.44 bits per heavy atom. The summed E-state index contributed by atoms with van der Waals surface area (Å²) in [6.45, 7) is 2.78. The summed E-state index contributed by atoms with van der Waals surface area (Å²) in [5.41, 5.74) is 1.30. The highest BCUT2D eigenvalue weighted by atomic mass is 35.5. The third-order valence-corrected chi connectivity index (χ3v) is 2.59. The van der Waals surface area contributed by atoms with Gasteiger partial charge in [-0.15, -0.1) is 0 Å². The Hall–Kier alpha value is -1.55. The summed E-state index contributed by atoms with van der Waals surface area (Å²) in [5.74, 6) is -0.0607. The normalized spacial score (nSPS) is 10.6. The van der Waals surface area contributed by atoms with Crippen LogP contribution in [0.3, 0.4) is 0 Å². The van der Waals surface area contributed by atoms with E-state index in [0.717, 1.165) is 12.1 Å². The number of aryl methyl sites for hydroxylation is 1. The first kappa shape index (κ1) is 11.0. The number of halogens is 1. The summed E-state index contributed by atoms with van der Waals surface area (Å²) in [7, 11) is 0. The lowest BCUT2D eigenvalue weighted by Crippen LogP contribution is -2.02. The average Bonchev–Trinajstić information content (AvgIpc) is 2.86. The Labute approximate surface area is 97.8 Å². The molecule has 0 aliphatic rings. The van der Waals surface area contributed by atoms with Crippen molar-refractivity contribution >= 4 is 17.4 Å². The van der Waals surface area contributed by atoms with Gasteiger partial charge in [0.15, 0.2) is 5.78 Å². The summed E-state index contributed by atoms with van der Waals surface area (Å²) >= 11 is 5.73. The van der Waals surface area contributed by atoms with E-state index in [4.69, 9.17) is 16.0 Å². The highest BCUT2D eigenvalue weighted by molar-refractivity contribution is 6.32. The van der Waals surface area contributed by atoms with Crippen LogP contribution in [0.2, 0.25) is 5.22 Å². The van der Waals surface area contributed by atoms with Crippen molar-refractivity contribution in [3.63, 3.8) is 0 Å². The quantitative estimate of drug-likeness (QED) is 0.770. The van der Waals surface area contributed by atoms with E-state index >= 15 is 0 Å². The van der Waals surface area contributed by atoms with Crippen LogP contribution in [0.25, 0.3) is 0 Å². The van der Waals surface area contributed by atoms with Crippen LogP contribution in [0.1, 0.15) is 22.8 Å². The average molecular weight is 239 g/mol.